The summed E-state index contributed by atoms with van der Waals surface area (Å²) in [7, 11) is 1.76. The standard InChI is InChI=1S/C23H19N7O2/c1-28-10-11-29(14-16-5-2-4-15(12-16)13-24)21-17(22(28)31)7-8-19(26-21)30-18-6-3-9-25-20(18)27-23(30)32/h2-9,12H,10-11,14H2,1H3,(H,25,27,32). The van der Waals surface area contributed by atoms with Crippen LogP contribution in [0.2, 0.25) is 0 Å². The van der Waals surface area contributed by atoms with Crippen LogP contribution in [0.15, 0.2) is 59.5 Å². The van der Waals surface area contributed by atoms with Crippen LogP contribution in [0.5, 0.6) is 0 Å². The van der Waals surface area contributed by atoms with E-state index in [9.17, 15) is 14.9 Å². The molecule has 0 bridgehead atoms. The van der Waals surface area contributed by atoms with Crippen LogP contribution < -0.4 is 10.6 Å². The summed E-state index contributed by atoms with van der Waals surface area (Å²) in [6.07, 6.45) is 1.61. The van der Waals surface area contributed by atoms with E-state index in [4.69, 9.17) is 4.98 Å². The predicted molar refractivity (Wildman–Crippen MR) is 119 cm³/mol. The molecule has 0 saturated carbocycles. The molecule has 1 N–H and O–H groups in total. The van der Waals surface area contributed by atoms with Crippen molar-refractivity contribution >= 4 is 22.9 Å². The summed E-state index contributed by atoms with van der Waals surface area (Å²) in [5.74, 6) is 0.783. The molecular formula is C23H19N7O2. The van der Waals surface area contributed by atoms with E-state index in [1.54, 1.807) is 48.5 Å². The maximum absolute atomic E-state index is 12.9. The van der Waals surface area contributed by atoms with Crippen LogP contribution in [-0.2, 0) is 6.54 Å². The average Bonchev–Trinajstić information content (AvgIpc) is 3.11. The molecule has 0 atom stereocenters. The van der Waals surface area contributed by atoms with Gasteiger partial charge in [0.1, 0.15) is 11.6 Å². The van der Waals surface area contributed by atoms with Crippen molar-refractivity contribution in [2.45, 2.75) is 6.54 Å². The number of nitrogens with one attached hydrogen (secondary N) is 1. The number of amides is 1. The van der Waals surface area contributed by atoms with E-state index >= 15 is 0 Å². The number of hydrogen-bond acceptors (Lipinski definition) is 6. The van der Waals surface area contributed by atoms with Crippen LogP contribution in [0.3, 0.4) is 0 Å². The minimum atomic E-state index is -0.350. The number of benzene rings is 1. The highest BCUT2D eigenvalue weighted by molar-refractivity contribution is 5.99. The van der Waals surface area contributed by atoms with Gasteiger partial charge in [-0.25, -0.2) is 19.3 Å². The highest BCUT2D eigenvalue weighted by atomic mass is 16.2. The van der Waals surface area contributed by atoms with Gasteiger partial charge in [0.15, 0.2) is 5.65 Å². The van der Waals surface area contributed by atoms with Gasteiger partial charge in [-0.1, -0.05) is 12.1 Å². The van der Waals surface area contributed by atoms with Crippen molar-refractivity contribution in [2.24, 2.45) is 0 Å². The van der Waals surface area contributed by atoms with Gasteiger partial charge in [0.2, 0.25) is 0 Å². The monoisotopic (exact) mass is 425 g/mol. The van der Waals surface area contributed by atoms with Crippen LogP contribution in [0.25, 0.3) is 17.0 Å². The molecule has 9 heteroatoms. The normalized spacial score (nSPS) is 13.7. The summed E-state index contributed by atoms with van der Waals surface area (Å²) in [6.45, 7) is 1.57. The number of rotatable bonds is 3. The SMILES string of the molecule is CN1CCN(Cc2cccc(C#N)c2)c2nc(-n3c(=O)[nH]c4ncccc43)ccc2C1=O. The van der Waals surface area contributed by atoms with Gasteiger partial charge in [-0.2, -0.15) is 5.26 Å². The molecule has 0 radical (unpaired) electrons. The number of imidazole rings is 1. The Balaban J connectivity index is 1.64. The third-order valence-corrected chi connectivity index (χ3v) is 5.56. The van der Waals surface area contributed by atoms with Gasteiger partial charge >= 0.3 is 5.69 Å². The van der Waals surface area contributed by atoms with Crippen molar-refractivity contribution in [3.63, 3.8) is 0 Å². The van der Waals surface area contributed by atoms with Crippen LogP contribution in [-0.4, -0.2) is 50.5 Å². The first kappa shape index (κ1) is 19.5. The molecule has 0 aliphatic carbocycles. The zero-order valence-electron chi connectivity index (χ0n) is 17.3. The summed E-state index contributed by atoms with van der Waals surface area (Å²) in [5.41, 5.74) is 2.70. The summed E-state index contributed by atoms with van der Waals surface area (Å²) < 4.78 is 1.45. The number of H-pyrrole nitrogens is 1. The number of nitrogens with zero attached hydrogens (tertiary/aromatic N) is 6. The molecule has 1 amide bonds. The van der Waals surface area contributed by atoms with Crippen molar-refractivity contribution in [2.75, 3.05) is 25.0 Å². The lowest BCUT2D eigenvalue weighted by molar-refractivity contribution is 0.0804. The number of carbonyl (C=O) groups is 1. The Bertz CT molecular complexity index is 1450. The van der Waals surface area contributed by atoms with Gasteiger partial charge in [-0.15, -0.1) is 0 Å². The van der Waals surface area contributed by atoms with Gasteiger partial charge in [-0.05, 0) is 42.0 Å². The van der Waals surface area contributed by atoms with E-state index in [0.29, 0.717) is 53.6 Å². The number of nitriles is 1. The molecule has 0 unspecified atom stereocenters. The molecule has 32 heavy (non-hydrogen) atoms. The summed E-state index contributed by atoms with van der Waals surface area (Å²) in [4.78, 5) is 40.9. The number of hydrogen-bond donors (Lipinski definition) is 1. The van der Waals surface area contributed by atoms with Crippen molar-refractivity contribution in [3.05, 3.63) is 81.9 Å². The van der Waals surface area contributed by atoms with E-state index in [1.165, 1.54) is 4.57 Å². The third kappa shape index (κ3) is 3.28. The summed E-state index contributed by atoms with van der Waals surface area (Å²) in [6, 6.07) is 16.4. The van der Waals surface area contributed by atoms with Crippen molar-refractivity contribution in [3.8, 4) is 11.9 Å². The lowest BCUT2D eigenvalue weighted by Gasteiger charge is -2.24. The first-order valence-corrected chi connectivity index (χ1v) is 10.1. The Kier molecular flexibility index (Phi) is 4.67. The van der Waals surface area contributed by atoms with Gasteiger partial charge < -0.3 is 9.80 Å². The number of carbonyl (C=O) groups excluding carboxylic acids is 1. The quantitative estimate of drug-likeness (QED) is 0.538. The Labute approximate surface area is 183 Å². The fourth-order valence-corrected chi connectivity index (χ4v) is 3.94. The molecule has 1 aromatic carbocycles. The molecule has 3 aromatic heterocycles. The average molecular weight is 425 g/mol. The molecule has 1 aliphatic rings. The number of aromatic nitrogens is 4. The van der Waals surface area contributed by atoms with Crippen LogP contribution in [0, 0.1) is 11.3 Å². The van der Waals surface area contributed by atoms with Crippen molar-refractivity contribution in [1.29, 1.82) is 5.26 Å². The molecular weight excluding hydrogens is 406 g/mol. The van der Waals surface area contributed by atoms with E-state index < -0.39 is 0 Å². The molecule has 9 nitrogen and oxygen atoms in total. The van der Waals surface area contributed by atoms with Crippen molar-refractivity contribution < 1.29 is 4.79 Å². The fourth-order valence-electron chi connectivity index (χ4n) is 3.94. The van der Waals surface area contributed by atoms with Crippen LogP contribution >= 0.6 is 0 Å². The topological polar surface area (TPSA) is 111 Å². The fraction of sp³-hybridized carbons (Fsp3) is 0.174. The Hall–Kier alpha value is -4.45. The minimum Gasteiger partial charge on any atom is -0.350 e. The zero-order chi connectivity index (χ0) is 22.2. The molecule has 4 aromatic rings. The van der Waals surface area contributed by atoms with Crippen molar-refractivity contribution in [1.82, 2.24) is 24.4 Å². The summed E-state index contributed by atoms with van der Waals surface area (Å²) >= 11 is 0. The van der Waals surface area contributed by atoms with Crippen LogP contribution in [0.1, 0.15) is 21.5 Å². The predicted octanol–water partition coefficient (Wildman–Crippen LogP) is 2.07. The van der Waals surface area contributed by atoms with Gasteiger partial charge in [0.05, 0.1) is 22.7 Å². The van der Waals surface area contributed by atoms with E-state index in [0.717, 1.165) is 5.56 Å². The van der Waals surface area contributed by atoms with E-state index in [1.807, 2.05) is 23.1 Å². The first-order chi connectivity index (χ1) is 15.5. The zero-order valence-corrected chi connectivity index (χ0v) is 17.3. The van der Waals surface area contributed by atoms with Gasteiger partial charge in [0, 0.05) is 32.9 Å². The molecule has 1 aliphatic heterocycles. The number of aromatic amines is 1. The van der Waals surface area contributed by atoms with Gasteiger partial charge in [-0.3, -0.25) is 9.78 Å². The minimum absolute atomic E-state index is 0.125. The second-order valence-corrected chi connectivity index (χ2v) is 7.64. The third-order valence-electron chi connectivity index (χ3n) is 5.56. The second kappa shape index (κ2) is 7.67. The largest absolute Gasteiger partial charge is 0.350 e. The maximum Gasteiger partial charge on any atom is 0.333 e. The molecule has 0 spiro atoms. The molecule has 0 fully saturated rings. The Morgan fingerprint density at radius 1 is 1.12 bits per heavy atom. The van der Waals surface area contributed by atoms with E-state index in [-0.39, 0.29) is 11.6 Å². The number of pyridine rings is 2. The molecule has 5 rings (SSSR count). The molecule has 0 saturated heterocycles. The second-order valence-electron chi connectivity index (χ2n) is 7.64. The lowest BCUT2D eigenvalue weighted by atomic mass is 10.1. The van der Waals surface area contributed by atoms with Gasteiger partial charge in [0.25, 0.3) is 5.91 Å². The lowest BCUT2D eigenvalue weighted by Crippen LogP contribution is -2.31. The maximum atomic E-state index is 12.9. The smallest absolute Gasteiger partial charge is 0.333 e. The highest BCUT2D eigenvalue weighted by Crippen LogP contribution is 2.26. The van der Waals surface area contributed by atoms with Crippen LogP contribution in [0.4, 0.5) is 5.82 Å². The Morgan fingerprint density at radius 2 is 2.00 bits per heavy atom. The number of fused-ring (bicyclic) bond motifs is 2. The highest BCUT2D eigenvalue weighted by Gasteiger charge is 2.27. The molecule has 4 heterocycles. The number of anilines is 1. The molecule has 158 valence electrons. The van der Waals surface area contributed by atoms with E-state index in [2.05, 4.69) is 16.0 Å². The Morgan fingerprint density at radius 3 is 2.84 bits per heavy atom. The number of likely N-dealkylation sites (N-methyl/N-ethyl adjacent to an activating group) is 1. The summed E-state index contributed by atoms with van der Waals surface area (Å²) in [5, 5.41) is 9.23. The first-order valence-electron chi connectivity index (χ1n) is 10.1.